The standard InChI is InChI=1S/C71H48N2/c1-2-20-50(21-3-1)59-41-39-54(46-70(59)73-68-36-17-15-33-65(68)71-60-30-11-7-23-51(60)40-43-69(71)73)56-27-9-8-25-55(56)47-72(66-35-16-14-29-58(66)53-38-37-48-19-4-5-24-52(48)45-53)67-44-42-63(62-31-12-13-32-64(62)67)61-34-18-26-49-22-6-10-28-57(49)61/h1-46H,47H2. The molecule has 2 nitrogen and oxygen atoms in total. The fraction of sp³-hybridized carbons (Fsp3) is 0.0141. The first-order chi connectivity index (χ1) is 36.2. The first-order valence-corrected chi connectivity index (χ1v) is 25.3. The molecule has 14 rings (SSSR count). The fourth-order valence-electron chi connectivity index (χ4n) is 11.7. The van der Waals surface area contributed by atoms with Crippen molar-refractivity contribution in [3.8, 4) is 50.2 Å². The minimum Gasteiger partial charge on any atom is -0.336 e. The van der Waals surface area contributed by atoms with Crippen LogP contribution in [0.15, 0.2) is 279 Å². The maximum Gasteiger partial charge on any atom is 0.0547 e. The highest BCUT2D eigenvalue weighted by molar-refractivity contribution is 6.21. The van der Waals surface area contributed by atoms with Gasteiger partial charge in [-0.15, -0.1) is 0 Å². The summed E-state index contributed by atoms with van der Waals surface area (Å²) in [6, 6.07) is 103. The molecule has 0 amide bonds. The van der Waals surface area contributed by atoms with Gasteiger partial charge in [-0.05, 0) is 113 Å². The average molecular weight is 929 g/mol. The van der Waals surface area contributed by atoms with Gasteiger partial charge in [0.15, 0.2) is 0 Å². The molecule has 1 heterocycles. The Hall–Kier alpha value is -9.50. The van der Waals surface area contributed by atoms with Gasteiger partial charge in [-0.2, -0.15) is 0 Å². The highest BCUT2D eigenvalue weighted by Crippen LogP contribution is 2.46. The Morgan fingerprint density at radius 2 is 0.836 bits per heavy atom. The van der Waals surface area contributed by atoms with E-state index in [0.29, 0.717) is 6.54 Å². The fourth-order valence-corrected chi connectivity index (χ4v) is 11.7. The van der Waals surface area contributed by atoms with Crippen molar-refractivity contribution in [1.29, 1.82) is 0 Å². The summed E-state index contributed by atoms with van der Waals surface area (Å²) in [6.07, 6.45) is 0. The Kier molecular flexibility index (Phi) is 10.3. The van der Waals surface area contributed by atoms with Crippen LogP contribution in [-0.2, 0) is 6.54 Å². The van der Waals surface area contributed by atoms with Crippen LogP contribution in [0.25, 0.3) is 115 Å². The van der Waals surface area contributed by atoms with Crippen LogP contribution in [0.1, 0.15) is 5.56 Å². The second-order valence-electron chi connectivity index (χ2n) is 19.2. The lowest BCUT2D eigenvalue weighted by molar-refractivity contribution is 0.983. The van der Waals surface area contributed by atoms with Gasteiger partial charge in [0, 0.05) is 45.2 Å². The van der Waals surface area contributed by atoms with E-state index in [2.05, 4.69) is 289 Å². The molecule has 73 heavy (non-hydrogen) atoms. The summed E-state index contributed by atoms with van der Waals surface area (Å²) < 4.78 is 2.50. The first-order valence-electron chi connectivity index (χ1n) is 25.3. The van der Waals surface area contributed by atoms with Gasteiger partial charge in [0.05, 0.1) is 16.7 Å². The molecule has 1 aromatic heterocycles. The summed E-state index contributed by atoms with van der Waals surface area (Å²) in [5.41, 5.74) is 16.6. The second kappa shape index (κ2) is 17.7. The maximum atomic E-state index is 2.57. The van der Waals surface area contributed by atoms with Crippen LogP contribution in [0, 0.1) is 0 Å². The zero-order chi connectivity index (χ0) is 48.2. The molecule has 13 aromatic carbocycles. The van der Waals surface area contributed by atoms with Crippen LogP contribution in [0.4, 0.5) is 11.4 Å². The number of para-hydroxylation sites is 2. The van der Waals surface area contributed by atoms with E-state index in [9.17, 15) is 0 Å². The number of fused-ring (bicyclic) bond motifs is 8. The van der Waals surface area contributed by atoms with Crippen molar-refractivity contribution >= 4 is 76.3 Å². The molecule has 2 heteroatoms. The third-order valence-electron chi connectivity index (χ3n) is 15.1. The normalized spacial score (nSPS) is 11.6. The molecule has 0 fully saturated rings. The summed E-state index contributed by atoms with van der Waals surface area (Å²) >= 11 is 0. The molecule has 0 bridgehead atoms. The van der Waals surface area contributed by atoms with Crippen LogP contribution in [0.3, 0.4) is 0 Å². The molecule has 0 N–H and O–H groups in total. The second-order valence-corrected chi connectivity index (χ2v) is 19.2. The number of nitrogens with zero attached hydrogens (tertiary/aromatic N) is 2. The molecule has 0 saturated heterocycles. The van der Waals surface area contributed by atoms with Crippen molar-refractivity contribution in [1.82, 2.24) is 4.57 Å². The van der Waals surface area contributed by atoms with Gasteiger partial charge in [0.25, 0.3) is 0 Å². The van der Waals surface area contributed by atoms with E-state index in [-0.39, 0.29) is 0 Å². The molecule has 14 aromatic rings. The van der Waals surface area contributed by atoms with Gasteiger partial charge >= 0.3 is 0 Å². The zero-order valence-corrected chi connectivity index (χ0v) is 40.2. The molecule has 0 aliphatic carbocycles. The number of hydrogen-bond acceptors (Lipinski definition) is 1. The Balaban J connectivity index is 0.981. The number of benzene rings is 13. The van der Waals surface area contributed by atoms with E-state index in [1.807, 2.05) is 0 Å². The molecular weight excluding hydrogens is 881 g/mol. The molecule has 0 aliphatic heterocycles. The third kappa shape index (κ3) is 7.26. The third-order valence-corrected chi connectivity index (χ3v) is 15.1. The molecule has 0 atom stereocenters. The predicted molar refractivity (Wildman–Crippen MR) is 311 cm³/mol. The maximum absolute atomic E-state index is 2.57. The SMILES string of the molecule is c1ccc(-c2ccc(-c3ccccc3CN(c3ccccc3-c3ccc4ccccc4c3)c3ccc(-c4cccc5ccccc45)c4ccccc34)cc2-n2c3ccccc3c3c4ccccc4ccc32)cc1. The smallest absolute Gasteiger partial charge is 0.0547 e. The molecule has 0 aliphatic rings. The van der Waals surface area contributed by atoms with E-state index in [1.165, 1.54) is 109 Å². The Labute approximate surface area is 424 Å². The summed E-state index contributed by atoms with van der Waals surface area (Å²) in [5.74, 6) is 0. The van der Waals surface area contributed by atoms with Crippen molar-refractivity contribution in [3.63, 3.8) is 0 Å². The van der Waals surface area contributed by atoms with E-state index >= 15 is 0 Å². The van der Waals surface area contributed by atoms with E-state index < -0.39 is 0 Å². The van der Waals surface area contributed by atoms with E-state index in [1.54, 1.807) is 0 Å². The van der Waals surface area contributed by atoms with Crippen LogP contribution in [0.2, 0.25) is 0 Å². The van der Waals surface area contributed by atoms with Crippen molar-refractivity contribution in [2.75, 3.05) is 4.90 Å². The number of aromatic nitrogens is 1. The average Bonchev–Trinajstić information content (AvgIpc) is 3.82. The minimum absolute atomic E-state index is 0.621. The van der Waals surface area contributed by atoms with E-state index in [0.717, 1.165) is 22.6 Å². The minimum atomic E-state index is 0.621. The van der Waals surface area contributed by atoms with Crippen molar-refractivity contribution in [2.45, 2.75) is 6.54 Å². The summed E-state index contributed by atoms with van der Waals surface area (Å²) in [5, 5.41) is 12.4. The molecule has 0 saturated carbocycles. The molecule has 0 radical (unpaired) electrons. The summed E-state index contributed by atoms with van der Waals surface area (Å²) in [7, 11) is 0. The number of anilines is 2. The topological polar surface area (TPSA) is 8.17 Å². The molecule has 0 unspecified atom stereocenters. The highest BCUT2D eigenvalue weighted by Gasteiger charge is 2.23. The van der Waals surface area contributed by atoms with Crippen LogP contribution >= 0.6 is 0 Å². The largest absolute Gasteiger partial charge is 0.336 e. The van der Waals surface area contributed by atoms with Gasteiger partial charge in [-0.3, -0.25) is 0 Å². The van der Waals surface area contributed by atoms with E-state index in [4.69, 9.17) is 0 Å². The van der Waals surface area contributed by atoms with Gasteiger partial charge in [0.1, 0.15) is 0 Å². The first kappa shape index (κ1) is 42.4. The number of hydrogen-bond donors (Lipinski definition) is 0. The van der Waals surface area contributed by atoms with Crippen molar-refractivity contribution in [2.24, 2.45) is 0 Å². The van der Waals surface area contributed by atoms with Crippen LogP contribution in [-0.4, -0.2) is 4.57 Å². The highest BCUT2D eigenvalue weighted by atomic mass is 15.1. The van der Waals surface area contributed by atoms with Gasteiger partial charge in [-0.1, -0.05) is 243 Å². The quantitative estimate of drug-likeness (QED) is 0.140. The van der Waals surface area contributed by atoms with Gasteiger partial charge < -0.3 is 9.47 Å². The Bertz CT molecular complexity index is 4420. The predicted octanol–water partition coefficient (Wildman–Crippen LogP) is 19.4. The molecule has 342 valence electrons. The summed E-state index contributed by atoms with van der Waals surface area (Å²) in [6.45, 7) is 0.621. The lowest BCUT2D eigenvalue weighted by atomic mass is 9.92. The molecule has 0 spiro atoms. The van der Waals surface area contributed by atoms with Crippen LogP contribution in [0.5, 0.6) is 0 Å². The number of rotatable bonds is 9. The van der Waals surface area contributed by atoms with Crippen LogP contribution < -0.4 is 4.90 Å². The Morgan fingerprint density at radius 1 is 0.274 bits per heavy atom. The van der Waals surface area contributed by atoms with Gasteiger partial charge in [-0.25, -0.2) is 0 Å². The van der Waals surface area contributed by atoms with Crippen molar-refractivity contribution < 1.29 is 0 Å². The molecular formula is C71H48N2. The summed E-state index contributed by atoms with van der Waals surface area (Å²) in [4.78, 5) is 2.57. The van der Waals surface area contributed by atoms with Gasteiger partial charge in [0.2, 0.25) is 0 Å². The zero-order valence-electron chi connectivity index (χ0n) is 40.2. The Morgan fingerprint density at radius 3 is 1.68 bits per heavy atom. The monoisotopic (exact) mass is 928 g/mol. The lowest BCUT2D eigenvalue weighted by Gasteiger charge is -2.30. The lowest BCUT2D eigenvalue weighted by Crippen LogP contribution is -2.18. The van der Waals surface area contributed by atoms with Crippen molar-refractivity contribution in [3.05, 3.63) is 285 Å².